The zero-order valence-corrected chi connectivity index (χ0v) is 17.6. The molecule has 5 aromatic carbocycles. The molecule has 0 heterocycles. The standard InChI is InChI=1S/C28H20ClNO/c29-26-14-6-3-10-22(26)19-31-28-17-16-21-9-1-4-12-23(21)25(28)18-30-27-15-7-11-20-8-2-5-13-24(20)27/h1-18H,19H2. The molecule has 0 aliphatic carbocycles. The number of aliphatic imine (C=N–C) groups is 1. The van der Waals surface area contributed by atoms with Crippen molar-refractivity contribution in [2.45, 2.75) is 6.61 Å². The van der Waals surface area contributed by atoms with Gasteiger partial charge in [-0.3, -0.25) is 4.99 Å². The van der Waals surface area contributed by atoms with Gasteiger partial charge in [0.05, 0.1) is 5.69 Å². The van der Waals surface area contributed by atoms with Crippen molar-refractivity contribution in [3.63, 3.8) is 0 Å². The van der Waals surface area contributed by atoms with Gasteiger partial charge in [0.2, 0.25) is 0 Å². The zero-order chi connectivity index (χ0) is 21.0. The van der Waals surface area contributed by atoms with Crippen LogP contribution in [-0.2, 0) is 6.61 Å². The smallest absolute Gasteiger partial charge is 0.129 e. The number of ether oxygens (including phenoxy) is 1. The summed E-state index contributed by atoms with van der Waals surface area (Å²) < 4.78 is 6.21. The highest BCUT2D eigenvalue weighted by Crippen LogP contribution is 2.30. The summed E-state index contributed by atoms with van der Waals surface area (Å²) in [6.45, 7) is 0.396. The van der Waals surface area contributed by atoms with Crippen molar-refractivity contribution in [1.29, 1.82) is 0 Å². The van der Waals surface area contributed by atoms with Crippen LogP contribution in [0, 0.1) is 0 Å². The number of benzene rings is 5. The SMILES string of the molecule is Clc1ccccc1COc1ccc2ccccc2c1C=Nc1cccc2ccccc12. The molecule has 0 bridgehead atoms. The summed E-state index contributed by atoms with van der Waals surface area (Å²) in [5.41, 5.74) is 2.84. The highest BCUT2D eigenvalue weighted by atomic mass is 35.5. The zero-order valence-electron chi connectivity index (χ0n) is 16.8. The van der Waals surface area contributed by atoms with Gasteiger partial charge < -0.3 is 4.74 Å². The molecular weight excluding hydrogens is 402 g/mol. The third-order valence-electron chi connectivity index (χ3n) is 5.37. The molecule has 0 unspecified atom stereocenters. The first-order valence-electron chi connectivity index (χ1n) is 10.2. The average molecular weight is 422 g/mol. The van der Waals surface area contributed by atoms with E-state index < -0.39 is 0 Å². The van der Waals surface area contributed by atoms with Crippen LogP contribution in [0.25, 0.3) is 21.5 Å². The number of rotatable bonds is 5. The van der Waals surface area contributed by atoms with Gasteiger partial charge in [0.1, 0.15) is 12.4 Å². The molecule has 0 atom stereocenters. The first kappa shape index (κ1) is 19.3. The first-order valence-corrected chi connectivity index (χ1v) is 10.6. The van der Waals surface area contributed by atoms with Crippen molar-refractivity contribution in [3.05, 3.63) is 119 Å². The summed E-state index contributed by atoms with van der Waals surface area (Å²) in [6, 6.07) is 34.6. The second-order valence-electron chi connectivity index (χ2n) is 7.34. The van der Waals surface area contributed by atoms with Gasteiger partial charge in [-0.1, -0.05) is 96.5 Å². The third kappa shape index (κ3) is 4.03. The molecule has 0 aliphatic rings. The van der Waals surface area contributed by atoms with Crippen molar-refractivity contribution in [3.8, 4) is 5.75 Å². The highest BCUT2D eigenvalue weighted by molar-refractivity contribution is 6.31. The largest absolute Gasteiger partial charge is 0.488 e. The summed E-state index contributed by atoms with van der Waals surface area (Å²) in [5, 5.41) is 5.25. The van der Waals surface area contributed by atoms with Gasteiger partial charge in [-0.2, -0.15) is 0 Å². The Hall–Kier alpha value is -3.62. The molecule has 0 N–H and O–H groups in total. The van der Waals surface area contributed by atoms with Gasteiger partial charge in [-0.05, 0) is 34.4 Å². The fourth-order valence-corrected chi connectivity index (χ4v) is 3.95. The summed E-state index contributed by atoms with van der Waals surface area (Å²) in [4.78, 5) is 4.86. The molecule has 0 spiro atoms. The topological polar surface area (TPSA) is 21.6 Å². The van der Waals surface area contributed by atoms with Gasteiger partial charge in [0.25, 0.3) is 0 Å². The fraction of sp³-hybridized carbons (Fsp3) is 0.0357. The third-order valence-corrected chi connectivity index (χ3v) is 5.74. The molecule has 0 amide bonds. The molecule has 31 heavy (non-hydrogen) atoms. The van der Waals surface area contributed by atoms with Crippen LogP contribution in [0.1, 0.15) is 11.1 Å². The number of fused-ring (bicyclic) bond motifs is 2. The van der Waals surface area contributed by atoms with Crippen molar-refractivity contribution in [2.75, 3.05) is 0 Å². The lowest BCUT2D eigenvalue weighted by Gasteiger charge is -2.13. The number of halogens is 1. The van der Waals surface area contributed by atoms with E-state index in [4.69, 9.17) is 21.3 Å². The Bertz CT molecular complexity index is 1400. The van der Waals surface area contributed by atoms with Gasteiger partial charge in [-0.15, -0.1) is 0 Å². The van der Waals surface area contributed by atoms with Crippen molar-refractivity contribution >= 4 is 45.0 Å². The van der Waals surface area contributed by atoms with E-state index in [9.17, 15) is 0 Å². The molecule has 5 rings (SSSR count). The quantitative estimate of drug-likeness (QED) is 0.263. The molecule has 2 nitrogen and oxygen atoms in total. The fourth-order valence-electron chi connectivity index (χ4n) is 3.76. The molecule has 5 aromatic rings. The van der Waals surface area contributed by atoms with Gasteiger partial charge >= 0.3 is 0 Å². The molecule has 0 aliphatic heterocycles. The minimum absolute atomic E-state index is 0.396. The van der Waals surface area contributed by atoms with Crippen LogP contribution < -0.4 is 4.74 Å². The molecular formula is C28H20ClNO. The van der Waals surface area contributed by atoms with E-state index in [-0.39, 0.29) is 0 Å². The van der Waals surface area contributed by atoms with Crippen LogP contribution in [0.5, 0.6) is 5.75 Å². The molecule has 0 fully saturated rings. The van der Waals surface area contributed by atoms with Crippen LogP contribution in [-0.4, -0.2) is 6.21 Å². The Labute approximate surface area is 186 Å². The summed E-state index contributed by atoms with van der Waals surface area (Å²) in [6.07, 6.45) is 1.91. The molecule has 0 saturated carbocycles. The van der Waals surface area contributed by atoms with Gasteiger partial charge in [0.15, 0.2) is 0 Å². The van der Waals surface area contributed by atoms with E-state index in [1.807, 2.05) is 72.9 Å². The van der Waals surface area contributed by atoms with E-state index in [1.54, 1.807) is 0 Å². The van der Waals surface area contributed by atoms with Crippen molar-refractivity contribution in [1.82, 2.24) is 0 Å². The lowest BCUT2D eigenvalue weighted by molar-refractivity contribution is 0.306. The Morgan fingerprint density at radius 3 is 2.19 bits per heavy atom. The van der Waals surface area contributed by atoms with Crippen LogP contribution in [0.3, 0.4) is 0 Å². The normalized spacial score (nSPS) is 11.4. The van der Waals surface area contributed by atoms with E-state index in [0.29, 0.717) is 11.6 Å². The first-order chi connectivity index (χ1) is 15.3. The second kappa shape index (κ2) is 8.63. The predicted octanol–water partition coefficient (Wildman–Crippen LogP) is 7.98. The van der Waals surface area contributed by atoms with Gasteiger partial charge in [-0.25, -0.2) is 0 Å². The summed E-state index contributed by atoms with van der Waals surface area (Å²) in [5.74, 6) is 0.780. The Morgan fingerprint density at radius 1 is 0.677 bits per heavy atom. The van der Waals surface area contributed by atoms with E-state index >= 15 is 0 Å². The van der Waals surface area contributed by atoms with E-state index in [0.717, 1.165) is 38.7 Å². The molecule has 150 valence electrons. The molecule has 0 radical (unpaired) electrons. The maximum atomic E-state index is 6.32. The number of hydrogen-bond acceptors (Lipinski definition) is 2. The number of nitrogens with zero attached hydrogens (tertiary/aromatic N) is 1. The van der Waals surface area contributed by atoms with Crippen LogP contribution in [0.15, 0.2) is 108 Å². The maximum Gasteiger partial charge on any atom is 0.129 e. The Morgan fingerprint density at radius 2 is 1.35 bits per heavy atom. The Balaban J connectivity index is 1.56. The molecule has 0 aromatic heterocycles. The maximum absolute atomic E-state index is 6.32. The van der Waals surface area contributed by atoms with Crippen LogP contribution in [0.4, 0.5) is 5.69 Å². The summed E-state index contributed by atoms with van der Waals surface area (Å²) in [7, 11) is 0. The monoisotopic (exact) mass is 421 g/mol. The lowest BCUT2D eigenvalue weighted by atomic mass is 10.0. The minimum atomic E-state index is 0.396. The van der Waals surface area contributed by atoms with Gasteiger partial charge in [0, 0.05) is 27.8 Å². The van der Waals surface area contributed by atoms with E-state index in [1.165, 1.54) is 5.39 Å². The van der Waals surface area contributed by atoms with Crippen molar-refractivity contribution in [2.24, 2.45) is 4.99 Å². The lowest BCUT2D eigenvalue weighted by Crippen LogP contribution is -1.99. The number of hydrogen-bond donors (Lipinski definition) is 0. The molecule has 3 heteroatoms. The Kier molecular flexibility index (Phi) is 5.39. The summed E-state index contributed by atoms with van der Waals surface area (Å²) >= 11 is 6.32. The van der Waals surface area contributed by atoms with E-state index in [2.05, 4.69) is 36.4 Å². The van der Waals surface area contributed by atoms with Crippen LogP contribution in [0.2, 0.25) is 5.02 Å². The van der Waals surface area contributed by atoms with Crippen LogP contribution >= 0.6 is 11.6 Å². The molecule has 0 saturated heterocycles. The minimum Gasteiger partial charge on any atom is -0.488 e. The average Bonchev–Trinajstić information content (AvgIpc) is 2.82. The predicted molar refractivity (Wildman–Crippen MR) is 131 cm³/mol. The highest BCUT2D eigenvalue weighted by Gasteiger charge is 2.09. The van der Waals surface area contributed by atoms with Crippen molar-refractivity contribution < 1.29 is 4.74 Å². The second-order valence-corrected chi connectivity index (χ2v) is 7.74.